The van der Waals surface area contributed by atoms with E-state index in [1.807, 2.05) is 25.1 Å². The Hall–Kier alpha value is -2.74. The van der Waals surface area contributed by atoms with Crippen LogP contribution in [0.5, 0.6) is 5.75 Å². The fraction of sp³-hybridized carbons (Fsp3) is 0.143. The van der Waals surface area contributed by atoms with Crippen molar-refractivity contribution in [3.63, 3.8) is 0 Å². The molecule has 0 spiro atoms. The summed E-state index contributed by atoms with van der Waals surface area (Å²) < 4.78 is 0. The molecule has 3 aromatic carbocycles. The lowest BCUT2D eigenvalue weighted by Crippen LogP contribution is -2.09. The number of anilines is 3. The lowest BCUT2D eigenvalue weighted by atomic mass is 10.1. The number of phenolic OH excluding ortho intramolecular Hbond substituents is 1. The average molecular weight is 303 g/mol. The third-order valence-corrected chi connectivity index (χ3v) is 4.04. The molecule has 0 saturated carbocycles. The van der Waals surface area contributed by atoms with Gasteiger partial charge in [0.05, 0.1) is 0 Å². The first-order chi connectivity index (χ1) is 11.0. The molecule has 3 rings (SSSR count). The van der Waals surface area contributed by atoms with E-state index in [4.69, 9.17) is 0 Å². The number of nitrogens with zero attached hydrogens (tertiary/aromatic N) is 1. The normalized spacial score (nSPS) is 10.6. The van der Waals surface area contributed by atoms with Gasteiger partial charge in [0.15, 0.2) is 0 Å². The fourth-order valence-corrected chi connectivity index (χ4v) is 2.57. The highest BCUT2D eigenvalue weighted by molar-refractivity contribution is 5.77. The van der Waals surface area contributed by atoms with Gasteiger partial charge in [-0.25, -0.2) is 0 Å². The van der Waals surface area contributed by atoms with Gasteiger partial charge in [0.2, 0.25) is 0 Å². The molecule has 3 aromatic rings. The molecule has 0 heterocycles. The van der Waals surface area contributed by atoms with E-state index in [2.05, 4.69) is 67.3 Å². The predicted molar refractivity (Wildman–Crippen MR) is 97.0 cm³/mol. The van der Waals surface area contributed by atoms with Gasteiger partial charge in [0.25, 0.3) is 0 Å². The van der Waals surface area contributed by atoms with Gasteiger partial charge in [-0.1, -0.05) is 41.5 Å². The van der Waals surface area contributed by atoms with E-state index in [0.717, 1.165) is 22.6 Å². The van der Waals surface area contributed by atoms with Crippen molar-refractivity contribution >= 4 is 17.1 Å². The second-order valence-corrected chi connectivity index (χ2v) is 5.98. The largest absolute Gasteiger partial charge is 0.508 e. The van der Waals surface area contributed by atoms with Crippen LogP contribution in [0.4, 0.5) is 17.1 Å². The minimum atomic E-state index is 0.312. The molecule has 0 atom stereocenters. The van der Waals surface area contributed by atoms with E-state index in [1.165, 1.54) is 11.1 Å². The van der Waals surface area contributed by atoms with Gasteiger partial charge in [-0.15, -0.1) is 0 Å². The first-order valence-electron chi connectivity index (χ1n) is 7.78. The lowest BCUT2D eigenvalue weighted by Gasteiger charge is -2.26. The number of rotatable bonds is 3. The third-order valence-electron chi connectivity index (χ3n) is 4.04. The summed E-state index contributed by atoms with van der Waals surface area (Å²) in [7, 11) is 0. The van der Waals surface area contributed by atoms with Crippen LogP contribution in [0.2, 0.25) is 0 Å². The Kier molecular flexibility index (Phi) is 4.07. The zero-order chi connectivity index (χ0) is 16.4. The zero-order valence-electron chi connectivity index (χ0n) is 13.7. The summed E-state index contributed by atoms with van der Waals surface area (Å²) >= 11 is 0. The Bertz CT molecular complexity index is 759. The smallest absolute Gasteiger partial charge is 0.120 e. The van der Waals surface area contributed by atoms with Crippen molar-refractivity contribution in [2.24, 2.45) is 0 Å². The summed E-state index contributed by atoms with van der Waals surface area (Å²) in [5.74, 6) is 0.312. The van der Waals surface area contributed by atoms with Crippen LogP contribution in [-0.2, 0) is 0 Å². The third kappa shape index (κ3) is 3.21. The first kappa shape index (κ1) is 15.2. The topological polar surface area (TPSA) is 23.5 Å². The standard InChI is InChI=1S/C21H21NO/c1-15-4-9-18(10-5-15)22(19-11-6-16(2)7-12-19)20-13-8-17(3)21(23)14-20/h4-14,23H,1-3H3. The summed E-state index contributed by atoms with van der Waals surface area (Å²) in [5.41, 5.74) is 6.42. The number of hydrogen-bond acceptors (Lipinski definition) is 2. The molecule has 0 radical (unpaired) electrons. The average Bonchev–Trinajstić information content (AvgIpc) is 2.55. The Morgan fingerprint density at radius 2 is 1.04 bits per heavy atom. The Balaban J connectivity index is 2.14. The maximum absolute atomic E-state index is 10.1. The van der Waals surface area contributed by atoms with Crippen LogP contribution in [0.3, 0.4) is 0 Å². The highest BCUT2D eigenvalue weighted by Crippen LogP contribution is 2.36. The van der Waals surface area contributed by atoms with Crippen molar-refractivity contribution in [3.05, 3.63) is 83.4 Å². The van der Waals surface area contributed by atoms with Crippen LogP contribution >= 0.6 is 0 Å². The Labute approximate surface area is 137 Å². The summed E-state index contributed by atoms with van der Waals surface area (Å²) in [6.45, 7) is 6.07. The van der Waals surface area contributed by atoms with E-state index in [9.17, 15) is 5.11 Å². The van der Waals surface area contributed by atoms with E-state index in [1.54, 1.807) is 0 Å². The molecule has 2 heteroatoms. The van der Waals surface area contributed by atoms with Crippen LogP contribution in [0.15, 0.2) is 66.7 Å². The van der Waals surface area contributed by atoms with Crippen LogP contribution in [0.1, 0.15) is 16.7 Å². The van der Waals surface area contributed by atoms with E-state index in [0.29, 0.717) is 5.75 Å². The molecular formula is C21H21NO. The zero-order valence-corrected chi connectivity index (χ0v) is 13.7. The Morgan fingerprint density at radius 3 is 1.48 bits per heavy atom. The minimum Gasteiger partial charge on any atom is -0.508 e. The highest BCUT2D eigenvalue weighted by atomic mass is 16.3. The summed E-state index contributed by atoms with van der Waals surface area (Å²) in [6.07, 6.45) is 0. The molecule has 0 aliphatic heterocycles. The predicted octanol–water partition coefficient (Wildman–Crippen LogP) is 5.79. The monoisotopic (exact) mass is 303 g/mol. The van der Waals surface area contributed by atoms with E-state index < -0.39 is 0 Å². The van der Waals surface area contributed by atoms with Gasteiger partial charge < -0.3 is 10.0 Å². The van der Waals surface area contributed by atoms with Crippen molar-refractivity contribution in [1.29, 1.82) is 0 Å². The van der Waals surface area contributed by atoms with Crippen molar-refractivity contribution in [1.82, 2.24) is 0 Å². The summed E-state index contributed by atoms with van der Waals surface area (Å²) in [4.78, 5) is 2.15. The van der Waals surface area contributed by atoms with Crippen LogP contribution in [-0.4, -0.2) is 5.11 Å². The number of benzene rings is 3. The highest BCUT2D eigenvalue weighted by Gasteiger charge is 2.13. The maximum Gasteiger partial charge on any atom is 0.120 e. The summed E-state index contributed by atoms with van der Waals surface area (Å²) in [5, 5.41) is 10.1. The fourth-order valence-electron chi connectivity index (χ4n) is 2.57. The van der Waals surface area contributed by atoms with Crippen LogP contribution in [0, 0.1) is 20.8 Å². The molecule has 0 aliphatic carbocycles. The molecule has 0 saturated heterocycles. The quantitative estimate of drug-likeness (QED) is 0.662. The van der Waals surface area contributed by atoms with Crippen molar-refractivity contribution in [2.45, 2.75) is 20.8 Å². The second kappa shape index (κ2) is 6.17. The molecule has 116 valence electrons. The van der Waals surface area contributed by atoms with Crippen LogP contribution < -0.4 is 4.90 Å². The molecule has 2 nitrogen and oxygen atoms in total. The molecule has 23 heavy (non-hydrogen) atoms. The van der Waals surface area contributed by atoms with Gasteiger partial charge in [-0.05, 0) is 56.7 Å². The SMILES string of the molecule is Cc1ccc(N(c2ccc(C)cc2)c2ccc(C)c(O)c2)cc1. The molecule has 0 unspecified atom stereocenters. The first-order valence-corrected chi connectivity index (χ1v) is 7.78. The van der Waals surface area contributed by atoms with Gasteiger partial charge in [0, 0.05) is 23.1 Å². The lowest BCUT2D eigenvalue weighted by molar-refractivity contribution is 0.471. The van der Waals surface area contributed by atoms with Crippen molar-refractivity contribution < 1.29 is 5.11 Å². The number of phenols is 1. The van der Waals surface area contributed by atoms with Crippen molar-refractivity contribution in [3.8, 4) is 5.75 Å². The Morgan fingerprint density at radius 1 is 0.609 bits per heavy atom. The van der Waals surface area contributed by atoms with Gasteiger partial charge in [-0.3, -0.25) is 0 Å². The van der Waals surface area contributed by atoms with E-state index >= 15 is 0 Å². The van der Waals surface area contributed by atoms with Gasteiger partial charge in [-0.2, -0.15) is 0 Å². The molecule has 0 aliphatic rings. The van der Waals surface area contributed by atoms with E-state index in [-0.39, 0.29) is 0 Å². The second-order valence-electron chi connectivity index (χ2n) is 5.98. The van der Waals surface area contributed by atoms with Crippen molar-refractivity contribution in [2.75, 3.05) is 4.90 Å². The molecule has 1 N–H and O–H groups in total. The molecule has 0 amide bonds. The molecule has 0 fully saturated rings. The molecular weight excluding hydrogens is 282 g/mol. The summed E-state index contributed by atoms with van der Waals surface area (Å²) in [6, 6.07) is 22.6. The number of aryl methyl sites for hydroxylation is 3. The molecule has 0 bridgehead atoms. The molecule has 0 aromatic heterocycles. The van der Waals surface area contributed by atoms with Crippen LogP contribution in [0.25, 0.3) is 0 Å². The maximum atomic E-state index is 10.1. The van der Waals surface area contributed by atoms with Gasteiger partial charge in [0.1, 0.15) is 5.75 Å². The number of hydrogen-bond donors (Lipinski definition) is 1. The minimum absolute atomic E-state index is 0.312. The van der Waals surface area contributed by atoms with Gasteiger partial charge >= 0.3 is 0 Å². The number of aromatic hydroxyl groups is 1.